The Balaban J connectivity index is 2.43. The third kappa shape index (κ3) is 2.51. The van der Waals surface area contributed by atoms with E-state index in [9.17, 15) is 22.4 Å². The second-order valence-electron chi connectivity index (χ2n) is 4.24. The number of carboxylic acids is 1. The van der Waals surface area contributed by atoms with E-state index in [-0.39, 0.29) is 5.56 Å². The number of halogens is 6. The van der Waals surface area contributed by atoms with E-state index < -0.39 is 39.7 Å². The van der Waals surface area contributed by atoms with Crippen LogP contribution in [0.4, 0.5) is 17.6 Å². The van der Waals surface area contributed by atoms with E-state index in [4.69, 9.17) is 28.3 Å². The zero-order valence-electron chi connectivity index (χ0n) is 9.01. The third-order valence-corrected chi connectivity index (χ3v) is 3.87. The second kappa shape index (κ2) is 4.24. The molecule has 1 saturated carbocycles. The molecule has 2 unspecified atom stereocenters. The topological polar surface area (TPSA) is 37.3 Å². The lowest BCUT2D eigenvalue weighted by atomic mass is 10.0. The molecule has 0 bridgehead atoms. The first-order valence-corrected chi connectivity index (χ1v) is 5.79. The van der Waals surface area contributed by atoms with Crippen molar-refractivity contribution in [3.05, 3.63) is 35.1 Å². The van der Waals surface area contributed by atoms with Crippen molar-refractivity contribution >= 4 is 29.2 Å². The summed E-state index contributed by atoms with van der Waals surface area (Å²) in [5.41, 5.74) is -1.38. The lowest BCUT2D eigenvalue weighted by Gasteiger charge is -2.09. The summed E-state index contributed by atoms with van der Waals surface area (Å²) in [5.74, 6) is -4.78. The van der Waals surface area contributed by atoms with Crippen LogP contribution in [0, 0.1) is 11.7 Å². The van der Waals surface area contributed by atoms with Gasteiger partial charge in [-0.3, -0.25) is 4.79 Å². The first-order valence-electron chi connectivity index (χ1n) is 5.03. The summed E-state index contributed by atoms with van der Waals surface area (Å²) in [6.07, 6.45) is -4.73. The van der Waals surface area contributed by atoms with Gasteiger partial charge in [0, 0.05) is 5.92 Å². The van der Waals surface area contributed by atoms with Crippen molar-refractivity contribution in [2.75, 3.05) is 0 Å². The average molecular weight is 317 g/mol. The van der Waals surface area contributed by atoms with Gasteiger partial charge in [-0.2, -0.15) is 13.2 Å². The summed E-state index contributed by atoms with van der Waals surface area (Å²) < 4.78 is 49.1. The van der Waals surface area contributed by atoms with Crippen molar-refractivity contribution in [1.82, 2.24) is 0 Å². The molecule has 0 saturated heterocycles. The van der Waals surface area contributed by atoms with E-state index in [1.165, 1.54) is 0 Å². The minimum atomic E-state index is -4.73. The highest BCUT2D eigenvalue weighted by Gasteiger charge is 2.68. The minimum absolute atomic E-state index is 0.176. The molecule has 2 nitrogen and oxygen atoms in total. The Hall–Kier alpha value is -1.01. The van der Waals surface area contributed by atoms with Gasteiger partial charge >= 0.3 is 12.1 Å². The van der Waals surface area contributed by atoms with Crippen LogP contribution in [0.15, 0.2) is 18.2 Å². The quantitative estimate of drug-likeness (QED) is 0.665. The first-order chi connectivity index (χ1) is 8.55. The number of hydrogen-bond donors (Lipinski definition) is 1. The zero-order valence-corrected chi connectivity index (χ0v) is 10.5. The minimum Gasteiger partial charge on any atom is -0.481 e. The molecule has 0 spiro atoms. The molecule has 1 fully saturated rings. The van der Waals surface area contributed by atoms with E-state index in [1.807, 2.05) is 0 Å². The fraction of sp³-hybridized carbons (Fsp3) is 0.364. The van der Waals surface area contributed by atoms with Crippen molar-refractivity contribution in [2.24, 2.45) is 5.92 Å². The Labute approximate surface area is 114 Å². The van der Waals surface area contributed by atoms with Crippen molar-refractivity contribution in [2.45, 2.75) is 16.4 Å². The maximum absolute atomic E-state index is 13.2. The molecule has 2 rings (SSSR count). The predicted molar refractivity (Wildman–Crippen MR) is 59.7 cm³/mol. The smallest absolute Gasteiger partial charge is 0.416 e. The lowest BCUT2D eigenvalue weighted by molar-refractivity contribution is -0.138. The molecule has 1 aliphatic carbocycles. The van der Waals surface area contributed by atoms with Crippen LogP contribution >= 0.6 is 23.2 Å². The molecular formula is C11H6Cl2F4O2. The van der Waals surface area contributed by atoms with E-state index in [0.29, 0.717) is 12.1 Å². The molecule has 0 aromatic heterocycles. The molecular weight excluding hydrogens is 311 g/mol. The van der Waals surface area contributed by atoms with Gasteiger partial charge in [-0.05, 0) is 23.8 Å². The Bertz CT molecular complexity index is 542. The molecule has 0 aliphatic heterocycles. The summed E-state index contributed by atoms with van der Waals surface area (Å²) >= 11 is 11.4. The van der Waals surface area contributed by atoms with Crippen LogP contribution in [0.5, 0.6) is 0 Å². The van der Waals surface area contributed by atoms with Gasteiger partial charge in [0.1, 0.15) is 10.2 Å². The molecule has 2 atom stereocenters. The van der Waals surface area contributed by atoms with Crippen molar-refractivity contribution in [3.8, 4) is 0 Å². The molecule has 8 heteroatoms. The second-order valence-corrected chi connectivity index (χ2v) is 5.68. The van der Waals surface area contributed by atoms with E-state index in [1.54, 1.807) is 0 Å². The van der Waals surface area contributed by atoms with Crippen LogP contribution in [0.3, 0.4) is 0 Å². The van der Waals surface area contributed by atoms with Gasteiger partial charge in [-0.15, -0.1) is 0 Å². The van der Waals surface area contributed by atoms with Crippen molar-refractivity contribution in [1.29, 1.82) is 0 Å². The molecule has 0 heterocycles. The van der Waals surface area contributed by atoms with E-state index in [0.717, 1.165) is 6.07 Å². The highest BCUT2D eigenvalue weighted by molar-refractivity contribution is 6.53. The molecule has 0 amide bonds. The summed E-state index contributed by atoms with van der Waals surface area (Å²) in [7, 11) is 0. The van der Waals surface area contributed by atoms with Gasteiger partial charge in [0.05, 0.1) is 11.5 Å². The highest BCUT2D eigenvalue weighted by atomic mass is 35.5. The monoisotopic (exact) mass is 316 g/mol. The number of rotatable bonds is 2. The molecule has 1 aromatic carbocycles. The largest absolute Gasteiger partial charge is 0.481 e. The standard InChI is InChI=1S/C11H6Cl2F4O2/c12-10(13)7(8(10)9(18)19)4-1-5(11(15,16)17)3-6(14)2-4/h1-3,7-8H,(H,18,19). The number of benzene rings is 1. The number of carboxylic acid groups (broad SMARTS) is 1. The van der Waals surface area contributed by atoms with Gasteiger partial charge in [0.15, 0.2) is 0 Å². The van der Waals surface area contributed by atoms with Gasteiger partial charge in [0.25, 0.3) is 0 Å². The fourth-order valence-corrected chi connectivity index (χ4v) is 2.82. The summed E-state index contributed by atoms with van der Waals surface area (Å²) in [4.78, 5) is 10.8. The van der Waals surface area contributed by atoms with Gasteiger partial charge in [-0.25, -0.2) is 4.39 Å². The SMILES string of the molecule is O=C(O)C1C(c2cc(F)cc(C(F)(F)F)c2)C1(Cl)Cl. The molecule has 104 valence electrons. The van der Waals surface area contributed by atoms with Crippen LogP contribution < -0.4 is 0 Å². The first kappa shape index (κ1) is 14.4. The average Bonchev–Trinajstić information content (AvgIpc) is 2.79. The maximum atomic E-state index is 13.2. The third-order valence-electron chi connectivity index (χ3n) is 2.93. The molecule has 19 heavy (non-hydrogen) atoms. The van der Waals surface area contributed by atoms with Crippen molar-refractivity contribution in [3.63, 3.8) is 0 Å². The molecule has 1 aromatic rings. The van der Waals surface area contributed by atoms with Crippen LogP contribution in [0.25, 0.3) is 0 Å². The van der Waals surface area contributed by atoms with Crippen LogP contribution in [-0.2, 0) is 11.0 Å². The van der Waals surface area contributed by atoms with Gasteiger partial charge in [0.2, 0.25) is 0 Å². The molecule has 1 N–H and O–H groups in total. The van der Waals surface area contributed by atoms with Crippen molar-refractivity contribution < 1.29 is 27.5 Å². The Kier molecular flexibility index (Phi) is 3.22. The van der Waals surface area contributed by atoms with Crippen LogP contribution in [-0.4, -0.2) is 15.4 Å². The predicted octanol–water partition coefficient (Wildman–Crippen LogP) is 3.82. The van der Waals surface area contributed by atoms with E-state index >= 15 is 0 Å². The molecule has 1 aliphatic rings. The lowest BCUT2D eigenvalue weighted by Crippen LogP contribution is -2.07. The summed E-state index contributed by atoms with van der Waals surface area (Å²) in [6, 6.07) is 1.80. The summed E-state index contributed by atoms with van der Waals surface area (Å²) in [6.45, 7) is 0. The normalized spacial score (nSPS) is 25.2. The van der Waals surface area contributed by atoms with Gasteiger partial charge < -0.3 is 5.11 Å². The molecule has 0 radical (unpaired) electrons. The Morgan fingerprint density at radius 3 is 2.26 bits per heavy atom. The zero-order chi connectivity index (χ0) is 14.6. The maximum Gasteiger partial charge on any atom is 0.416 e. The van der Waals surface area contributed by atoms with Crippen LogP contribution in [0.1, 0.15) is 17.0 Å². The van der Waals surface area contributed by atoms with Crippen LogP contribution in [0.2, 0.25) is 0 Å². The Morgan fingerprint density at radius 2 is 1.84 bits per heavy atom. The Morgan fingerprint density at radius 1 is 1.26 bits per heavy atom. The highest BCUT2D eigenvalue weighted by Crippen LogP contribution is 2.65. The number of hydrogen-bond acceptors (Lipinski definition) is 1. The number of aliphatic carboxylic acids is 1. The number of alkyl halides is 5. The summed E-state index contributed by atoms with van der Waals surface area (Å²) in [5, 5.41) is 8.83. The number of carbonyl (C=O) groups is 1. The van der Waals surface area contributed by atoms with Gasteiger partial charge in [-0.1, -0.05) is 23.2 Å². The van der Waals surface area contributed by atoms with E-state index in [2.05, 4.69) is 0 Å². The fourth-order valence-electron chi connectivity index (χ4n) is 2.00.